The zero-order valence-electron chi connectivity index (χ0n) is 9.58. The van der Waals surface area contributed by atoms with Crippen LogP contribution in [-0.4, -0.2) is 30.1 Å². The van der Waals surface area contributed by atoms with E-state index in [9.17, 15) is 0 Å². The fourth-order valence-electron chi connectivity index (χ4n) is 3.10. The van der Waals surface area contributed by atoms with Crippen LogP contribution in [0, 0.1) is 11.8 Å². The second kappa shape index (κ2) is 4.19. The minimum absolute atomic E-state index is 0.478. The molecular formula is C12H24N2. The van der Waals surface area contributed by atoms with Gasteiger partial charge in [0.25, 0.3) is 0 Å². The van der Waals surface area contributed by atoms with Gasteiger partial charge in [-0.25, -0.2) is 0 Å². The van der Waals surface area contributed by atoms with Crippen LogP contribution in [-0.2, 0) is 0 Å². The van der Waals surface area contributed by atoms with Gasteiger partial charge in [0, 0.05) is 25.2 Å². The van der Waals surface area contributed by atoms with Crippen molar-refractivity contribution in [2.45, 2.75) is 51.6 Å². The highest BCUT2D eigenvalue weighted by Crippen LogP contribution is 2.32. The third-order valence-corrected chi connectivity index (χ3v) is 4.09. The standard InChI is InChI=1S/C12H24N2/c1-9(2)14-7-10-4-3-5-11(8-14)12(13)6-10/h9-12H,3-8,13H2,1-2H3/t10-,11?,12-/m0/s1. The summed E-state index contributed by atoms with van der Waals surface area (Å²) in [4.78, 5) is 2.64. The SMILES string of the molecule is CC(C)N1CC2CCC[C@@H](C[C@@H]2N)C1. The summed E-state index contributed by atoms with van der Waals surface area (Å²) in [7, 11) is 0. The second-order valence-corrected chi connectivity index (χ2v) is 5.50. The highest BCUT2D eigenvalue weighted by molar-refractivity contribution is 4.88. The lowest BCUT2D eigenvalue weighted by Crippen LogP contribution is -2.40. The van der Waals surface area contributed by atoms with Crippen molar-refractivity contribution >= 4 is 0 Å². The van der Waals surface area contributed by atoms with E-state index < -0.39 is 0 Å². The molecule has 0 amide bonds. The van der Waals surface area contributed by atoms with Crippen molar-refractivity contribution in [3.63, 3.8) is 0 Å². The van der Waals surface area contributed by atoms with Gasteiger partial charge in [-0.3, -0.25) is 0 Å². The molecule has 0 aromatic carbocycles. The average molecular weight is 196 g/mol. The predicted octanol–water partition coefficient (Wildman–Crippen LogP) is 1.84. The first-order valence-corrected chi connectivity index (χ1v) is 6.16. The van der Waals surface area contributed by atoms with Crippen LogP contribution in [0.1, 0.15) is 39.5 Å². The maximum absolute atomic E-state index is 6.26. The highest BCUT2D eigenvalue weighted by Gasteiger charge is 2.32. The Bertz CT molecular complexity index is 191. The Hall–Kier alpha value is -0.0800. The Morgan fingerprint density at radius 2 is 2.00 bits per heavy atom. The second-order valence-electron chi connectivity index (χ2n) is 5.50. The number of rotatable bonds is 1. The lowest BCUT2D eigenvalue weighted by atomic mass is 9.95. The quantitative estimate of drug-likeness (QED) is 0.693. The summed E-state index contributed by atoms with van der Waals surface area (Å²) in [5.41, 5.74) is 6.26. The van der Waals surface area contributed by atoms with Gasteiger partial charge in [0.05, 0.1) is 0 Å². The van der Waals surface area contributed by atoms with Crippen LogP contribution < -0.4 is 5.73 Å². The van der Waals surface area contributed by atoms with Crippen LogP contribution in [0.4, 0.5) is 0 Å². The van der Waals surface area contributed by atoms with Gasteiger partial charge in [-0.1, -0.05) is 6.42 Å². The van der Waals surface area contributed by atoms with E-state index in [1.165, 1.54) is 38.8 Å². The molecule has 82 valence electrons. The van der Waals surface area contributed by atoms with E-state index in [1.807, 2.05) is 0 Å². The summed E-state index contributed by atoms with van der Waals surface area (Å²) >= 11 is 0. The van der Waals surface area contributed by atoms with Crippen LogP contribution in [0.2, 0.25) is 0 Å². The Kier molecular flexibility index (Phi) is 3.13. The van der Waals surface area contributed by atoms with E-state index in [1.54, 1.807) is 0 Å². The van der Waals surface area contributed by atoms with E-state index >= 15 is 0 Å². The summed E-state index contributed by atoms with van der Waals surface area (Å²) in [5.74, 6) is 1.64. The van der Waals surface area contributed by atoms with Gasteiger partial charge >= 0.3 is 0 Å². The third kappa shape index (κ3) is 2.12. The Morgan fingerprint density at radius 1 is 1.21 bits per heavy atom. The zero-order chi connectivity index (χ0) is 10.1. The number of fused-ring (bicyclic) bond motifs is 3. The lowest BCUT2D eigenvalue weighted by molar-refractivity contribution is 0.160. The van der Waals surface area contributed by atoms with Crippen molar-refractivity contribution in [1.82, 2.24) is 4.90 Å². The molecule has 2 heteroatoms. The number of hydrogen-bond donors (Lipinski definition) is 1. The number of nitrogens with zero attached hydrogens (tertiary/aromatic N) is 1. The minimum Gasteiger partial charge on any atom is -0.327 e. The first kappa shape index (κ1) is 10.4. The van der Waals surface area contributed by atoms with E-state index in [2.05, 4.69) is 18.7 Å². The first-order valence-electron chi connectivity index (χ1n) is 6.16. The van der Waals surface area contributed by atoms with E-state index in [-0.39, 0.29) is 0 Å². The molecule has 14 heavy (non-hydrogen) atoms. The van der Waals surface area contributed by atoms with Crippen molar-refractivity contribution in [2.75, 3.05) is 13.1 Å². The van der Waals surface area contributed by atoms with Crippen molar-refractivity contribution in [3.05, 3.63) is 0 Å². The molecule has 0 aromatic heterocycles. The smallest absolute Gasteiger partial charge is 0.00824 e. The number of nitrogens with two attached hydrogens (primary N) is 1. The summed E-state index contributed by atoms with van der Waals surface area (Å²) in [6, 6.07) is 1.18. The summed E-state index contributed by atoms with van der Waals surface area (Å²) in [5, 5.41) is 0. The van der Waals surface area contributed by atoms with Crippen molar-refractivity contribution in [3.8, 4) is 0 Å². The fraction of sp³-hybridized carbons (Fsp3) is 1.00. The topological polar surface area (TPSA) is 29.3 Å². The van der Waals surface area contributed by atoms with Gasteiger partial charge in [0.2, 0.25) is 0 Å². The van der Waals surface area contributed by atoms with E-state index in [4.69, 9.17) is 5.73 Å². The molecule has 1 unspecified atom stereocenters. The zero-order valence-corrected chi connectivity index (χ0v) is 9.58. The molecule has 1 heterocycles. The Labute approximate surface area is 87.8 Å². The monoisotopic (exact) mass is 196 g/mol. The molecule has 2 bridgehead atoms. The Morgan fingerprint density at radius 3 is 2.71 bits per heavy atom. The normalized spacial score (nSPS) is 39.9. The summed E-state index contributed by atoms with van der Waals surface area (Å²) in [6.07, 6.45) is 5.46. The molecule has 1 aliphatic carbocycles. The van der Waals surface area contributed by atoms with Crippen LogP contribution in [0.3, 0.4) is 0 Å². The molecular weight excluding hydrogens is 172 g/mol. The van der Waals surface area contributed by atoms with E-state index in [0.717, 1.165) is 11.8 Å². The van der Waals surface area contributed by atoms with Crippen molar-refractivity contribution < 1.29 is 0 Å². The number of likely N-dealkylation sites (tertiary alicyclic amines) is 1. The van der Waals surface area contributed by atoms with Gasteiger partial charge in [0.1, 0.15) is 0 Å². The molecule has 2 fully saturated rings. The molecule has 0 spiro atoms. The molecule has 2 rings (SSSR count). The molecule has 0 aromatic rings. The molecule has 0 radical (unpaired) electrons. The van der Waals surface area contributed by atoms with Crippen molar-refractivity contribution in [1.29, 1.82) is 0 Å². The highest BCUT2D eigenvalue weighted by atomic mass is 15.2. The number of hydrogen-bond acceptors (Lipinski definition) is 2. The predicted molar refractivity (Wildman–Crippen MR) is 60.1 cm³/mol. The van der Waals surface area contributed by atoms with Crippen LogP contribution >= 0.6 is 0 Å². The van der Waals surface area contributed by atoms with Crippen LogP contribution in [0.15, 0.2) is 0 Å². The molecule has 1 aliphatic heterocycles. The van der Waals surface area contributed by atoms with Gasteiger partial charge in [-0.2, -0.15) is 0 Å². The molecule has 3 atom stereocenters. The molecule has 2 N–H and O–H groups in total. The van der Waals surface area contributed by atoms with Crippen molar-refractivity contribution in [2.24, 2.45) is 17.6 Å². The minimum atomic E-state index is 0.478. The van der Waals surface area contributed by atoms with Gasteiger partial charge in [-0.05, 0) is 44.9 Å². The lowest BCUT2D eigenvalue weighted by Gasteiger charge is -2.32. The third-order valence-electron chi connectivity index (χ3n) is 4.09. The maximum Gasteiger partial charge on any atom is 0.00824 e. The van der Waals surface area contributed by atoms with Gasteiger partial charge in [-0.15, -0.1) is 0 Å². The molecule has 2 aliphatic rings. The molecule has 2 nitrogen and oxygen atoms in total. The fourth-order valence-corrected chi connectivity index (χ4v) is 3.10. The maximum atomic E-state index is 6.26. The van der Waals surface area contributed by atoms with Gasteiger partial charge in [0.15, 0.2) is 0 Å². The van der Waals surface area contributed by atoms with Crippen LogP contribution in [0.25, 0.3) is 0 Å². The largest absolute Gasteiger partial charge is 0.327 e. The Balaban J connectivity index is 2.09. The van der Waals surface area contributed by atoms with Crippen LogP contribution in [0.5, 0.6) is 0 Å². The van der Waals surface area contributed by atoms with E-state index in [0.29, 0.717) is 12.1 Å². The first-order chi connectivity index (χ1) is 6.66. The summed E-state index contributed by atoms with van der Waals surface area (Å²) < 4.78 is 0. The summed E-state index contributed by atoms with van der Waals surface area (Å²) in [6.45, 7) is 7.16. The average Bonchev–Trinajstić information content (AvgIpc) is 2.31. The molecule has 1 saturated carbocycles. The molecule has 1 saturated heterocycles. The van der Waals surface area contributed by atoms with Gasteiger partial charge < -0.3 is 10.6 Å².